The first-order valence-electron chi connectivity index (χ1n) is 12.6. The van der Waals surface area contributed by atoms with Crippen LogP contribution in [-0.4, -0.2) is 69.0 Å². The summed E-state index contributed by atoms with van der Waals surface area (Å²) in [4.78, 5) is 43.1. The van der Waals surface area contributed by atoms with Crippen molar-refractivity contribution in [2.24, 2.45) is 23.7 Å². The number of hydrogen-bond donors (Lipinski definition) is 1. The Labute approximate surface area is 217 Å². The number of Topliss-reactive ketones (excluding diaryl/α,β-unsaturated/α-hetero) is 1. The van der Waals surface area contributed by atoms with Crippen molar-refractivity contribution in [2.75, 3.05) is 26.2 Å². The molecule has 3 heterocycles. The first kappa shape index (κ1) is 22.4. The van der Waals surface area contributed by atoms with Gasteiger partial charge in [0.05, 0.1) is 0 Å². The second-order valence-corrected chi connectivity index (χ2v) is 10.9. The van der Waals surface area contributed by atoms with E-state index in [1.54, 1.807) is 36.4 Å². The number of likely N-dealkylation sites (tertiary alicyclic amines) is 2. The lowest BCUT2D eigenvalue weighted by atomic mass is 9.60. The molecule has 2 aliphatic carbocycles. The highest BCUT2D eigenvalue weighted by molar-refractivity contribution is 6.31. The third kappa shape index (κ3) is 3.62. The number of hydrogen-bond acceptors (Lipinski definition) is 5. The van der Waals surface area contributed by atoms with Gasteiger partial charge in [-0.1, -0.05) is 35.9 Å². The minimum atomic E-state index is -0.0508. The summed E-state index contributed by atoms with van der Waals surface area (Å²) >= 11 is 5.96. The molecule has 2 aromatic carbocycles. The first-order chi connectivity index (χ1) is 18.0. The van der Waals surface area contributed by atoms with E-state index in [0.29, 0.717) is 64.0 Å². The SMILES string of the molecule is O=C1CC(C(=O)N2CC3C(C2)[C@@H]2CN(C(=O)c4ccc5n[nH]nc5c4)C[C@H]32)=CC=C1c1ccc(Cl)cc1. The van der Waals surface area contributed by atoms with Crippen molar-refractivity contribution >= 4 is 45.8 Å². The molecule has 1 aromatic heterocycles. The maximum Gasteiger partial charge on any atom is 0.253 e. The molecule has 4 atom stereocenters. The van der Waals surface area contributed by atoms with Crippen molar-refractivity contribution in [2.45, 2.75) is 6.42 Å². The molecule has 2 amide bonds. The number of nitrogens with one attached hydrogen (secondary N) is 1. The van der Waals surface area contributed by atoms with E-state index < -0.39 is 0 Å². The number of rotatable bonds is 3. The highest BCUT2D eigenvalue weighted by atomic mass is 35.5. The lowest BCUT2D eigenvalue weighted by Crippen LogP contribution is -2.44. The van der Waals surface area contributed by atoms with Gasteiger partial charge in [-0.15, -0.1) is 0 Å². The average molecular weight is 514 g/mol. The van der Waals surface area contributed by atoms with Crippen LogP contribution in [0.5, 0.6) is 0 Å². The zero-order chi connectivity index (χ0) is 25.3. The standard InChI is InChI=1S/C28H24ClN5O3/c29-18-5-1-15(2-6-18)19-7-3-17(10-26(19)35)28(37)34-13-22-20-11-33(12-21(20)23(22)14-34)27(36)16-4-8-24-25(9-16)31-32-30-24/h1-9,20-23H,10-14H2,(H,30,31,32)/t20-,21+,22?,23?. The number of carbonyl (C=O) groups excluding carboxylic acids is 3. The van der Waals surface area contributed by atoms with Gasteiger partial charge in [0.25, 0.3) is 5.91 Å². The molecule has 4 aliphatic rings. The maximum atomic E-state index is 13.3. The van der Waals surface area contributed by atoms with Crippen LogP contribution in [0.3, 0.4) is 0 Å². The average Bonchev–Trinajstić information content (AvgIpc) is 3.62. The lowest BCUT2D eigenvalue weighted by Gasteiger charge is -2.42. The molecule has 3 aromatic rings. The minimum absolute atomic E-state index is 0.0273. The molecular formula is C28H24ClN5O3. The number of ketones is 1. The zero-order valence-electron chi connectivity index (χ0n) is 19.9. The first-order valence-corrected chi connectivity index (χ1v) is 12.9. The van der Waals surface area contributed by atoms with Gasteiger partial charge < -0.3 is 9.80 Å². The van der Waals surface area contributed by atoms with Crippen molar-refractivity contribution in [3.63, 3.8) is 0 Å². The monoisotopic (exact) mass is 513 g/mol. The van der Waals surface area contributed by atoms with Gasteiger partial charge in [-0.3, -0.25) is 14.4 Å². The maximum absolute atomic E-state index is 13.3. The van der Waals surface area contributed by atoms with Gasteiger partial charge in [0.15, 0.2) is 5.78 Å². The Hall–Kier alpha value is -3.78. The van der Waals surface area contributed by atoms with Crippen molar-refractivity contribution in [1.29, 1.82) is 0 Å². The molecule has 37 heavy (non-hydrogen) atoms. The van der Waals surface area contributed by atoms with Crippen LogP contribution >= 0.6 is 11.6 Å². The van der Waals surface area contributed by atoms with E-state index in [9.17, 15) is 14.4 Å². The third-order valence-electron chi connectivity index (χ3n) is 8.59. The Morgan fingerprint density at radius 1 is 0.811 bits per heavy atom. The topological polar surface area (TPSA) is 99.3 Å². The number of allylic oxidation sites excluding steroid dienone is 3. The van der Waals surface area contributed by atoms with E-state index >= 15 is 0 Å². The number of halogens is 1. The zero-order valence-corrected chi connectivity index (χ0v) is 20.7. The second-order valence-electron chi connectivity index (χ2n) is 10.5. The number of carbonyl (C=O) groups is 3. The van der Waals surface area contributed by atoms with Gasteiger partial charge in [-0.2, -0.15) is 15.4 Å². The molecule has 1 N–H and O–H groups in total. The van der Waals surface area contributed by atoms with Gasteiger partial charge in [0.2, 0.25) is 5.91 Å². The van der Waals surface area contributed by atoms with Gasteiger partial charge >= 0.3 is 0 Å². The molecule has 2 saturated heterocycles. The largest absolute Gasteiger partial charge is 0.338 e. The van der Waals surface area contributed by atoms with Crippen LogP contribution in [-0.2, 0) is 9.59 Å². The summed E-state index contributed by atoms with van der Waals surface area (Å²) in [5.41, 5.74) is 4.02. The molecular weight excluding hydrogens is 490 g/mol. The Balaban J connectivity index is 1.01. The fraction of sp³-hybridized carbons (Fsp3) is 0.321. The molecule has 0 spiro atoms. The van der Waals surface area contributed by atoms with E-state index in [2.05, 4.69) is 15.4 Å². The summed E-state index contributed by atoms with van der Waals surface area (Å²) in [5.74, 6) is 1.59. The van der Waals surface area contributed by atoms with Crippen LogP contribution in [0.25, 0.3) is 16.6 Å². The summed E-state index contributed by atoms with van der Waals surface area (Å²) in [6.45, 7) is 2.82. The van der Waals surface area contributed by atoms with E-state index in [-0.39, 0.29) is 24.0 Å². The Kier molecular flexibility index (Phi) is 5.08. The van der Waals surface area contributed by atoms with Crippen LogP contribution in [0.2, 0.25) is 5.02 Å². The number of H-pyrrole nitrogens is 1. The molecule has 2 unspecified atom stereocenters. The number of fused-ring (bicyclic) bond motifs is 5. The van der Waals surface area contributed by atoms with Gasteiger partial charge in [0, 0.05) is 54.3 Å². The summed E-state index contributed by atoms with van der Waals surface area (Å²) in [5, 5.41) is 11.3. The van der Waals surface area contributed by atoms with Crippen LogP contribution < -0.4 is 0 Å². The number of aromatic amines is 1. The van der Waals surface area contributed by atoms with Crippen LogP contribution in [0.15, 0.2) is 60.2 Å². The molecule has 0 bridgehead atoms. The predicted molar refractivity (Wildman–Crippen MR) is 137 cm³/mol. The van der Waals surface area contributed by atoms with Gasteiger partial charge in [0.1, 0.15) is 11.0 Å². The summed E-state index contributed by atoms with van der Waals surface area (Å²) in [7, 11) is 0. The van der Waals surface area contributed by atoms with E-state index in [1.807, 2.05) is 28.0 Å². The van der Waals surface area contributed by atoms with Gasteiger partial charge in [-0.05, 0) is 59.6 Å². The molecule has 7 rings (SSSR count). The number of amides is 2. The quantitative estimate of drug-likeness (QED) is 0.579. The van der Waals surface area contributed by atoms with E-state index in [0.717, 1.165) is 24.2 Å². The van der Waals surface area contributed by atoms with Crippen LogP contribution in [0.1, 0.15) is 22.3 Å². The third-order valence-corrected chi connectivity index (χ3v) is 8.85. The van der Waals surface area contributed by atoms with Crippen molar-refractivity contribution < 1.29 is 14.4 Å². The number of nitrogens with zero attached hydrogens (tertiary/aromatic N) is 4. The van der Waals surface area contributed by atoms with Gasteiger partial charge in [-0.25, -0.2) is 0 Å². The molecule has 8 nitrogen and oxygen atoms in total. The number of benzene rings is 2. The molecule has 3 fully saturated rings. The van der Waals surface area contributed by atoms with Crippen molar-refractivity contribution in [1.82, 2.24) is 25.2 Å². The van der Waals surface area contributed by atoms with Crippen molar-refractivity contribution in [3.8, 4) is 0 Å². The fourth-order valence-corrected chi connectivity index (χ4v) is 6.83. The molecule has 9 heteroatoms. The summed E-state index contributed by atoms with van der Waals surface area (Å²) in [6.07, 6.45) is 3.66. The van der Waals surface area contributed by atoms with Crippen LogP contribution in [0, 0.1) is 23.7 Å². The Morgan fingerprint density at radius 3 is 2.08 bits per heavy atom. The second kappa shape index (κ2) is 8.38. The predicted octanol–water partition coefficient (Wildman–Crippen LogP) is 3.37. The lowest BCUT2D eigenvalue weighted by molar-refractivity contribution is -0.127. The number of aromatic nitrogens is 3. The minimum Gasteiger partial charge on any atom is -0.338 e. The fourth-order valence-electron chi connectivity index (χ4n) is 6.70. The Bertz CT molecular complexity index is 1500. The molecule has 186 valence electrons. The highest BCUT2D eigenvalue weighted by Gasteiger charge is 2.59. The van der Waals surface area contributed by atoms with Crippen LogP contribution in [0.4, 0.5) is 0 Å². The normalized spacial score (nSPS) is 26.5. The summed E-state index contributed by atoms with van der Waals surface area (Å²) < 4.78 is 0. The molecule has 2 aliphatic heterocycles. The van der Waals surface area contributed by atoms with E-state index in [1.165, 1.54) is 0 Å². The summed E-state index contributed by atoms with van der Waals surface area (Å²) in [6, 6.07) is 12.6. The van der Waals surface area contributed by atoms with Crippen molar-refractivity contribution in [3.05, 3.63) is 76.3 Å². The highest BCUT2D eigenvalue weighted by Crippen LogP contribution is 2.54. The smallest absolute Gasteiger partial charge is 0.253 e. The van der Waals surface area contributed by atoms with E-state index in [4.69, 9.17) is 11.6 Å². The molecule has 0 radical (unpaired) electrons. The Morgan fingerprint density at radius 2 is 1.43 bits per heavy atom. The molecule has 1 saturated carbocycles.